The van der Waals surface area contributed by atoms with Gasteiger partial charge in [-0.05, 0) is 24.0 Å². The first-order valence-electron chi connectivity index (χ1n) is 7.74. The first-order chi connectivity index (χ1) is 11.4. The number of benzene rings is 1. The van der Waals surface area contributed by atoms with Crippen molar-refractivity contribution >= 4 is 5.91 Å². The van der Waals surface area contributed by atoms with Crippen molar-refractivity contribution in [3.05, 3.63) is 29.8 Å². The van der Waals surface area contributed by atoms with E-state index in [1.165, 1.54) is 12.1 Å². The largest absolute Gasteiger partial charge is 0.573 e. The van der Waals surface area contributed by atoms with E-state index in [0.29, 0.717) is 38.2 Å². The normalized spacial score (nSPS) is 19.8. The zero-order valence-electron chi connectivity index (χ0n) is 13.4. The van der Waals surface area contributed by atoms with E-state index in [4.69, 9.17) is 4.74 Å². The summed E-state index contributed by atoms with van der Waals surface area (Å²) < 4.78 is 46.2. The number of amides is 1. The Balaban J connectivity index is 1.81. The Bertz CT molecular complexity index is 552. The molecule has 2 N–H and O–H groups in total. The molecule has 1 aliphatic rings. The molecule has 24 heavy (non-hydrogen) atoms. The lowest BCUT2D eigenvalue weighted by Crippen LogP contribution is -2.34. The number of carbonyl (C=O) groups is 1. The third-order valence-corrected chi connectivity index (χ3v) is 3.76. The lowest BCUT2D eigenvalue weighted by Gasteiger charge is -2.13. The second kappa shape index (κ2) is 8.34. The first-order valence-corrected chi connectivity index (χ1v) is 7.74. The summed E-state index contributed by atoms with van der Waals surface area (Å²) in [6, 6.07) is 5.97. The van der Waals surface area contributed by atoms with E-state index in [0.717, 1.165) is 0 Å². The summed E-state index contributed by atoms with van der Waals surface area (Å²) in [5, 5.41) is 5.88. The van der Waals surface area contributed by atoms with Crippen LogP contribution in [0.25, 0.3) is 0 Å². The third-order valence-electron chi connectivity index (χ3n) is 3.76. The predicted molar refractivity (Wildman–Crippen MR) is 81.7 cm³/mol. The van der Waals surface area contributed by atoms with Crippen LogP contribution in [0, 0.1) is 5.92 Å². The Morgan fingerprint density at radius 2 is 2.00 bits per heavy atom. The maximum absolute atomic E-state index is 12.4. The zero-order valence-corrected chi connectivity index (χ0v) is 13.4. The molecule has 0 saturated heterocycles. The van der Waals surface area contributed by atoms with Crippen LogP contribution >= 0.6 is 0 Å². The van der Waals surface area contributed by atoms with E-state index in [2.05, 4.69) is 15.4 Å². The summed E-state index contributed by atoms with van der Waals surface area (Å²) in [4.78, 5) is 12.0. The van der Waals surface area contributed by atoms with Crippen molar-refractivity contribution in [2.24, 2.45) is 5.92 Å². The first kappa shape index (κ1) is 18.5. The number of methoxy groups -OCH3 is 1. The molecule has 134 valence electrons. The number of halogens is 3. The fourth-order valence-electron chi connectivity index (χ4n) is 2.54. The molecular formula is C16H21F3N2O3. The van der Waals surface area contributed by atoms with Gasteiger partial charge >= 0.3 is 6.36 Å². The number of carbonyl (C=O) groups excluding carboxylic acids is 1. The minimum absolute atomic E-state index is 0.143. The molecule has 0 heterocycles. The Hall–Kier alpha value is -1.80. The van der Waals surface area contributed by atoms with Crippen LogP contribution in [0.2, 0.25) is 0 Å². The molecule has 1 fully saturated rings. The highest BCUT2D eigenvalue weighted by molar-refractivity contribution is 5.83. The Kier molecular flexibility index (Phi) is 6.44. The van der Waals surface area contributed by atoms with Crippen molar-refractivity contribution in [2.75, 3.05) is 33.4 Å². The summed E-state index contributed by atoms with van der Waals surface area (Å²) in [6.07, 6.45) is -4.21. The molecule has 2 atom stereocenters. The lowest BCUT2D eigenvalue weighted by molar-refractivity contribution is -0.274. The van der Waals surface area contributed by atoms with Gasteiger partial charge in [-0.3, -0.25) is 4.79 Å². The molecule has 5 nitrogen and oxygen atoms in total. The smallest absolute Gasteiger partial charge is 0.405 e. The molecule has 0 radical (unpaired) electrons. The summed E-state index contributed by atoms with van der Waals surface area (Å²) in [6.45, 7) is 2.36. The maximum Gasteiger partial charge on any atom is 0.573 e. The molecular weight excluding hydrogens is 325 g/mol. The van der Waals surface area contributed by atoms with Crippen molar-refractivity contribution < 1.29 is 27.4 Å². The molecule has 1 aromatic rings. The number of ether oxygens (including phenoxy) is 2. The third kappa shape index (κ3) is 5.68. The van der Waals surface area contributed by atoms with Crippen LogP contribution < -0.4 is 15.4 Å². The van der Waals surface area contributed by atoms with Crippen LogP contribution in [0.5, 0.6) is 5.75 Å². The van der Waals surface area contributed by atoms with Gasteiger partial charge in [-0.15, -0.1) is 13.2 Å². The molecule has 8 heteroatoms. The van der Waals surface area contributed by atoms with Gasteiger partial charge in [-0.1, -0.05) is 18.2 Å². The standard InChI is InChI=1S/C16H21F3N2O3/c1-23-9-8-20-6-7-21-15(22)13-10-12(13)11-4-2-3-5-14(11)24-16(17,18)19/h2-5,12-13,20H,6-10H2,1H3,(H,21,22). The zero-order chi connectivity index (χ0) is 17.6. The summed E-state index contributed by atoms with van der Waals surface area (Å²) in [5.74, 6) is -0.908. The summed E-state index contributed by atoms with van der Waals surface area (Å²) >= 11 is 0. The highest BCUT2D eigenvalue weighted by Gasteiger charge is 2.46. The van der Waals surface area contributed by atoms with Crippen LogP contribution in [0.3, 0.4) is 0 Å². The Morgan fingerprint density at radius 1 is 1.25 bits per heavy atom. The number of hydrogen-bond donors (Lipinski definition) is 2. The van der Waals surface area contributed by atoms with Gasteiger partial charge in [0.15, 0.2) is 0 Å². The number of hydrogen-bond acceptors (Lipinski definition) is 4. The van der Waals surface area contributed by atoms with Gasteiger partial charge < -0.3 is 20.1 Å². The van der Waals surface area contributed by atoms with Crippen molar-refractivity contribution in [3.8, 4) is 5.75 Å². The molecule has 0 aliphatic heterocycles. The predicted octanol–water partition coefficient (Wildman–Crippen LogP) is 2.04. The summed E-state index contributed by atoms with van der Waals surface area (Å²) in [5.41, 5.74) is 0.424. The molecule has 0 bridgehead atoms. The van der Waals surface area contributed by atoms with Crippen molar-refractivity contribution in [1.82, 2.24) is 10.6 Å². The van der Waals surface area contributed by atoms with Crippen LogP contribution in [0.1, 0.15) is 17.9 Å². The second-order valence-electron chi connectivity index (χ2n) is 5.57. The lowest BCUT2D eigenvalue weighted by atomic mass is 10.1. The van der Waals surface area contributed by atoms with E-state index < -0.39 is 6.36 Å². The molecule has 2 unspecified atom stereocenters. The van der Waals surface area contributed by atoms with Crippen LogP contribution in [0.15, 0.2) is 24.3 Å². The van der Waals surface area contributed by atoms with Crippen LogP contribution in [-0.4, -0.2) is 45.6 Å². The quantitative estimate of drug-likeness (QED) is 0.672. The highest BCUT2D eigenvalue weighted by atomic mass is 19.4. The average Bonchev–Trinajstić information content (AvgIpc) is 3.30. The average molecular weight is 346 g/mol. The molecule has 2 rings (SSSR count). The number of para-hydroxylation sites is 1. The number of nitrogens with one attached hydrogen (secondary N) is 2. The summed E-state index contributed by atoms with van der Waals surface area (Å²) in [7, 11) is 1.61. The fourth-order valence-corrected chi connectivity index (χ4v) is 2.54. The monoisotopic (exact) mass is 346 g/mol. The topological polar surface area (TPSA) is 59.6 Å². The number of alkyl halides is 3. The minimum Gasteiger partial charge on any atom is -0.405 e. The second-order valence-corrected chi connectivity index (χ2v) is 5.57. The minimum atomic E-state index is -4.74. The Morgan fingerprint density at radius 3 is 2.71 bits per heavy atom. The van der Waals surface area contributed by atoms with Crippen molar-refractivity contribution in [3.63, 3.8) is 0 Å². The van der Waals surface area contributed by atoms with Gasteiger partial charge in [0.05, 0.1) is 6.61 Å². The molecule has 1 aromatic carbocycles. The van der Waals surface area contributed by atoms with Crippen molar-refractivity contribution in [1.29, 1.82) is 0 Å². The van der Waals surface area contributed by atoms with Crippen LogP contribution in [0.4, 0.5) is 13.2 Å². The van der Waals surface area contributed by atoms with E-state index in [1.54, 1.807) is 19.2 Å². The van der Waals surface area contributed by atoms with Gasteiger partial charge in [-0.2, -0.15) is 0 Å². The maximum atomic E-state index is 12.4. The van der Waals surface area contributed by atoms with Crippen molar-refractivity contribution in [2.45, 2.75) is 18.7 Å². The molecule has 1 saturated carbocycles. The fraction of sp³-hybridized carbons (Fsp3) is 0.562. The highest BCUT2D eigenvalue weighted by Crippen LogP contribution is 2.50. The van der Waals surface area contributed by atoms with Gasteiger partial charge in [0.2, 0.25) is 5.91 Å². The Labute approximate surface area is 138 Å². The molecule has 1 amide bonds. The number of rotatable bonds is 9. The van der Waals surface area contributed by atoms with E-state index in [-0.39, 0.29) is 23.5 Å². The van der Waals surface area contributed by atoms with Gasteiger partial charge in [0, 0.05) is 32.7 Å². The van der Waals surface area contributed by atoms with E-state index >= 15 is 0 Å². The molecule has 0 aromatic heterocycles. The SMILES string of the molecule is COCCNCCNC(=O)C1CC1c1ccccc1OC(F)(F)F. The van der Waals surface area contributed by atoms with E-state index in [1.807, 2.05) is 0 Å². The molecule has 0 spiro atoms. The van der Waals surface area contributed by atoms with Gasteiger partial charge in [0.1, 0.15) is 5.75 Å². The molecule has 1 aliphatic carbocycles. The van der Waals surface area contributed by atoms with Gasteiger partial charge in [0.25, 0.3) is 0 Å². The van der Waals surface area contributed by atoms with Crippen LogP contribution in [-0.2, 0) is 9.53 Å². The van der Waals surface area contributed by atoms with Gasteiger partial charge in [-0.25, -0.2) is 0 Å². The van der Waals surface area contributed by atoms with E-state index in [9.17, 15) is 18.0 Å².